The van der Waals surface area contributed by atoms with Gasteiger partial charge in [0.15, 0.2) is 0 Å². The van der Waals surface area contributed by atoms with Gasteiger partial charge in [-0.15, -0.1) is 0 Å². The molecule has 1 N–H and O–H groups in total. The molecule has 0 atom stereocenters. The summed E-state index contributed by atoms with van der Waals surface area (Å²) in [5.41, 5.74) is 3.82. The zero-order valence-corrected chi connectivity index (χ0v) is 16.7. The Hall–Kier alpha value is -3.48. The molecule has 1 aliphatic rings. The Morgan fingerprint density at radius 1 is 1.17 bits per heavy atom. The number of aryl methyl sites for hydroxylation is 2. The van der Waals surface area contributed by atoms with E-state index in [9.17, 15) is 9.18 Å². The molecule has 1 aliphatic heterocycles. The summed E-state index contributed by atoms with van der Waals surface area (Å²) in [6, 6.07) is 14.7. The first-order chi connectivity index (χ1) is 14.6. The number of rotatable bonds is 4. The second-order valence-corrected chi connectivity index (χ2v) is 7.65. The standard InChI is InChI=1S/C23H22FN5O/c1-15-25-21-14-28(11-12-29(21)27-15)22(30)10-8-18-19-13-17(24)7-9-20(19)26-23(18)16-5-3-2-4-6-16/h2-7,9,13,26H,8,10-12,14H2,1H3. The normalized spacial score (nSPS) is 13.6. The molecule has 0 aliphatic carbocycles. The highest BCUT2D eigenvalue weighted by Crippen LogP contribution is 2.32. The first kappa shape index (κ1) is 18.5. The summed E-state index contributed by atoms with van der Waals surface area (Å²) >= 11 is 0. The lowest BCUT2D eigenvalue weighted by molar-refractivity contribution is -0.132. The summed E-state index contributed by atoms with van der Waals surface area (Å²) in [6.45, 7) is 3.63. The van der Waals surface area contributed by atoms with Crippen molar-refractivity contribution in [3.05, 3.63) is 71.6 Å². The molecular formula is C23H22FN5O. The van der Waals surface area contributed by atoms with E-state index in [1.165, 1.54) is 6.07 Å². The van der Waals surface area contributed by atoms with Gasteiger partial charge in [-0.25, -0.2) is 14.1 Å². The van der Waals surface area contributed by atoms with Crippen LogP contribution in [0.2, 0.25) is 0 Å². The van der Waals surface area contributed by atoms with E-state index in [2.05, 4.69) is 15.1 Å². The molecule has 2 aromatic heterocycles. The molecule has 0 saturated heterocycles. The number of carbonyl (C=O) groups excluding carboxylic acids is 1. The Kier molecular flexibility index (Phi) is 4.58. The van der Waals surface area contributed by atoms with Gasteiger partial charge in [-0.05, 0) is 42.7 Å². The first-order valence-electron chi connectivity index (χ1n) is 10.1. The van der Waals surface area contributed by atoms with Crippen LogP contribution in [0.1, 0.15) is 23.6 Å². The van der Waals surface area contributed by atoms with Crippen LogP contribution in [0.4, 0.5) is 4.39 Å². The topological polar surface area (TPSA) is 66.8 Å². The molecule has 0 spiro atoms. The largest absolute Gasteiger partial charge is 0.354 e. The molecule has 2 aromatic carbocycles. The molecule has 0 fully saturated rings. The number of amides is 1. The average Bonchev–Trinajstić information content (AvgIpc) is 3.31. The molecule has 3 heterocycles. The highest BCUT2D eigenvalue weighted by molar-refractivity contribution is 5.91. The van der Waals surface area contributed by atoms with Gasteiger partial charge in [0.2, 0.25) is 5.91 Å². The van der Waals surface area contributed by atoms with E-state index in [0.29, 0.717) is 32.5 Å². The highest BCUT2D eigenvalue weighted by atomic mass is 19.1. The van der Waals surface area contributed by atoms with Gasteiger partial charge in [0.05, 0.1) is 13.1 Å². The van der Waals surface area contributed by atoms with Crippen molar-refractivity contribution >= 4 is 16.8 Å². The van der Waals surface area contributed by atoms with Gasteiger partial charge in [0.25, 0.3) is 0 Å². The van der Waals surface area contributed by atoms with Crippen LogP contribution in [-0.2, 0) is 24.3 Å². The van der Waals surface area contributed by atoms with Gasteiger partial charge >= 0.3 is 0 Å². The van der Waals surface area contributed by atoms with Crippen molar-refractivity contribution in [1.82, 2.24) is 24.6 Å². The number of carbonyl (C=O) groups is 1. The molecule has 6 nitrogen and oxygen atoms in total. The molecule has 0 saturated carbocycles. The Bertz CT molecular complexity index is 1230. The third-order valence-corrected chi connectivity index (χ3v) is 5.64. The van der Waals surface area contributed by atoms with Crippen LogP contribution in [0.3, 0.4) is 0 Å². The molecule has 0 unspecified atom stereocenters. The average molecular weight is 403 g/mol. The third kappa shape index (κ3) is 3.36. The molecule has 1 amide bonds. The molecule has 5 rings (SSSR count). The number of halogens is 1. The number of aromatic amines is 1. The van der Waals surface area contributed by atoms with Crippen LogP contribution in [0.5, 0.6) is 0 Å². The quantitative estimate of drug-likeness (QED) is 0.563. The minimum absolute atomic E-state index is 0.0756. The zero-order valence-electron chi connectivity index (χ0n) is 16.7. The van der Waals surface area contributed by atoms with Crippen molar-refractivity contribution in [2.24, 2.45) is 0 Å². The molecule has 0 bridgehead atoms. The first-order valence-corrected chi connectivity index (χ1v) is 10.1. The van der Waals surface area contributed by atoms with Crippen molar-refractivity contribution in [3.63, 3.8) is 0 Å². The van der Waals surface area contributed by atoms with Gasteiger partial charge in [-0.2, -0.15) is 5.10 Å². The third-order valence-electron chi connectivity index (χ3n) is 5.64. The van der Waals surface area contributed by atoms with Gasteiger partial charge in [-0.1, -0.05) is 30.3 Å². The minimum atomic E-state index is -0.278. The summed E-state index contributed by atoms with van der Waals surface area (Å²) in [7, 11) is 0. The van der Waals surface area contributed by atoms with Crippen LogP contribution in [0.25, 0.3) is 22.2 Å². The van der Waals surface area contributed by atoms with E-state index in [1.807, 2.05) is 46.8 Å². The fraction of sp³-hybridized carbons (Fsp3) is 0.261. The monoisotopic (exact) mass is 403 g/mol. The Morgan fingerprint density at radius 3 is 2.83 bits per heavy atom. The van der Waals surface area contributed by atoms with Gasteiger partial charge in [-0.3, -0.25) is 4.79 Å². The maximum absolute atomic E-state index is 14.0. The molecule has 4 aromatic rings. The second kappa shape index (κ2) is 7.40. The van der Waals surface area contributed by atoms with Crippen LogP contribution in [0, 0.1) is 12.7 Å². The predicted octanol–water partition coefficient (Wildman–Crippen LogP) is 3.85. The number of aromatic nitrogens is 4. The Morgan fingerprint density at radius 2 is 2.00 bits per heavy atom. The summed E-state index contributed by atoms with van der Waals surface area (Å²) in [4.78, 5) is 22.6. The maximum Gasteiger partial charge on any atom is 0.223 e. The lowest BCUT2D eigenvalue weighted by Gasteiger charge is -2.26. The highest BCUT2D eigenvalue weighted by Gasteiger charge is 2.23. The van der Waals surface area contributed by atoms with E-state index in [0.717, 1.165) is 39.4 Å². The molecule has 30 heavy (non-hydrogen) atoms. The SMILES string of the molecule is Cc1nc2n(n1)CCN(C(=O)CCc1c(-c3ccccc3)[nH]c3ccc(F)cc13)C2. The van der Waals surface area contributed by atoms with Gasteiger partial charge < -0.3 is 9.88 Å². The Labute approximate surface area is 173 Å². The smallest absolute Gasteiger partial charge is 0.223 e. The molecule has 152 valence electrons. The number of nitrogens with zero attached hydrogens (tertiary/aromatic N) is 4. The fourth-order valence-corrected chi connectivity index (χ4v) is 4.19. The van der Waals surface area contributed by atoms with Gasteiger partial charge in [0.1, 0.15) is 17.5 Å². The van der Waals surface area contributed by atoms with Crippen molar-refractivity contribution in [1.29, 1.82) is 0 Å². The molecular weight excluding hydrogens is 381 g/mol. The second-order valence-electron chi connectivity index (χ2n) is 7.65. The maximum atomic E-state index is 14.0. The summed E-state index contributed by atoms with van der Waals surface area (Å²) in [5.74, 6) is 1.35. The van der Waals surface area contributed by atoms with Gasteiger partial charge in [0, 0.05) is 29.6 Å². The Balaban J connectivity index is 1.41. The van der Waals surface area contributed by atoms with Crippen molar-refractivity contribution in [2.45, 2.75) is 32.9 Å². The van der Waals surface area contributed by atoms with E-state index < -0.39 is 0 Å². The van der Waals surface area contributed by atoms with E-state index in [1.54, 1.807) is 12.1 Å². The van der Waals surface area contributed by atoms with Crippen molar-refractivity contribution in [2.75, 3.05) is 6.54 Å². The van der Waals surface area contributed by atoms with Crippen LogP contribution < -0.4 is 0 Å². The number of H-pyrrole nitrogens is 1. The van der Waals surface area contributed by atoms with Crippen molar-refractivity contribution < 1.29 is 9.18 Å². The number of benzene rings is 2. The van der Waals surface area contributed by atoms with E-state index in [-0.39, 0.29) is 11.7 Å². The summed E-state index contributed by atoms with van der Waals surface area (Å²) in [6.07, 6.45) is 0.894. The lowest BCUT2D eigenvalue weighted by atomic mass is 10.0. The summed E-state index contributed by atoms with van der Waals surface area (Å²) in [5, 5.41) is 5.18. The number of nitrogens with one attached hydrogen (secondary N) is 1. The van der Waals surface area contributed by atoms with E-state index >= 15 is 0 Å². The number of hydrogen-bond acceptors (Lipinski definition) is 3. The van der Waals surface area contributed by atoms with Crippen LogP contribution in [-0.4, -0.2) is 37.1 Å². The number of fused-ring (bicyclic) bond motifs is 2. The molecule has 0 radical (unpaired) electrons. The van der Waals surface area contributed by atoms with E-state index in [4.69, 9.17) is 0 Å². The lowest BCUT2D eigenvalue weighted by Crippen LogP contribution is -2.38. The van der Waals surface area contributed by atoms with Crippen LogP contribution >= 0.6 is 0 Å². The summed E-state index contributed by atoms with van der Waals surface area (Å²) < 4.78 is 15.8. The predicted molar refractivity (Wildman–Crippen MR) is 112 cm³/mol. The fourth-order valence-electron chi connectivity index (χ4n) is 4.19. The minimum Gasteiger partial charge on any atom is -0.354 e. The zero-order chi connectivity index (χ0) is 20.7. The molecule has 7 heteroatoms. The van der Waals surface area contributed by atoms with Crippen LogP contribution in [0.15, 0.2) is 48.5 Å². The van der Waals surface area contributed by atoms with Crippen molar-refractivity contribution in [3.8, 4) is 11.3 Å². The number of hydrogen-bond donors (Lipinski definition) is 1.